The summed E-state index contributed by atoms with van der Waals surface area (Å²) in [5, 5.41) is 10.7. The molecular weight excluding hydrogens is 358 g/mol. The van der Waals surface area contributed by atoms with Crippen molar-refractivity contribution in [3.63, 3.8) is 0 Å². The topological polar surface area (TPSA) is 108 Å². The van der Waals surface area contributed by atoms with Crippen LogP contribution in [-0.4, -0.2) is 34.9 Å². The van der Waals surface area contributed by atoms with Gasteiger partial charge in [-0.3, -0.25) is 0 Å². The van der Waals surface area contributed by atoms with Crippen LogP contribution in [0.25, 0.3) is 6.08 Å². The first-order valence-corrected chi connectivity index (χ1v) is 9.29. The van der Waals surface area contributed by atoms with Gasteiger partial charge in [0.05, 0.1) is 38.3 Å². The van der Waals surface area contributed by atoms with E-state index in [1.54, 1.807) is 18.2 Å². The lowest BCUT2D eigenvalue weighted by molar-refractivity contribution is 0.383. The molecule has 0 unspecified atom stereocenters. The van der Waals surface area contributed by atoms with Crippen molar-refractivity contribution < 1.29 is 27.7 Å². The zero-order valence-electron chi connectivity index (χ0n) is 14.7. The van der Waals surface area contributed by atoms with E-state index >= 15 is 0 Å². The Bertz CT molecular complexity index is 896. The minimum absolute atomic E-state index is 0.0487. The lowest BCUT2D eigenvalue weighted by Crippen LogP contribution is -2.02. The van der Waals surface area contributed by atoms with E-state index in [0.29, 0.717) is 34.1 Å². The minimum Gasteiger partial charge on any atom is -0.508 e. The quantitative estimate of drug-likeness (QED) is 0.712. The number of hydrogen-bond donors (Lipinski definition) is 2. The number of aromatic hydroxyl groups is 1. The molecule has 0 bridgehead atoms. The Hall–Kier alpha value is -2.87. The van der Waals surface area contributed by atoms with E-state index in [-0.39, 0.29) is 11.5 Å². The normalized spacial score (nSPS) is 11.5. The van der Waals surface area contributed by atoms with Gasteiger partial charge >= 0.3 is 0 Å². The SMILES string of the molecule is COc1ccc(CS(=O)(=O)/C=C/c2c(OC)cc(O)cc2OC)cc1N. The molecule has 8 heteroatoms. The second-order valence-corrected chi connectivity index (χ2v) is 7.34. The van der Waals surface area contributed by atoms with Crippen LogP contribution in [0.2, 0.25) is 0 Å². The van der Waals surface area contributed by atoms with Gasteiger partial charge in [-0.15, -0.1) is 0 Å². The van der Waals surface area contributed by atoms with Gasteiger partial charge in [-0.05, 0) is 23.8 Å². The van der Waals surface area contributed by atoms with Crippen molar-refractivity contribution in [3.05, 3.63) is 46.9 Å². The first kappa shape index (κ1) is 19.5. The Morgan fingerprint density at radius 3 is 2.08 bits per heavy atom. The maximum absolute atomic E-state index is 12.4. The molecule has 140 valence electrons. The third kappa shape index (κ3) is 4.60. The molecule has 7 nitrogen and oxygen atoms in total. The largest absolute Gasteiger partial charge is 0.508 e. The molecule has 0 radical (unpaired) electrons. The van der Waals surface area contributed by atoms with E-state index in [1.165, 1.54) is 39.5 Å². The number of nitrogen functional groups attached to an aromatic ring is 1. The maximum Gasteiger partial charge on any atom is 0.175 e. The number of sulfone groups is 1. The van der Waals surface area contributed by atoms with Crippen LogP contribution in [0, 0.1) is 0 Å². The Morgan fingerprint density at radius 1 is 1.00 bits per heavy atom. The molecular formula is C18H21NO6S. The van der Waals surface area contributed by atoms with Crippen molar-refractivity contribution in [1.29, 1.82) is 0 Å². The standard InChI is InChI=1S/C18H21NO6S/c1-23-16-5-4-12(8-15(16)19)11-26(21,22)7-6-14-17(24-2)9-13(20)10-18(14)25-3/h4-10,20H,11,19H2,1-3H3/b7-6+. The Labute approximate surface area is 152 Å². The van der Waals surface area contributed by atoms with Crippen LogP contribution in [0.3, 0.4) is 0 Å². The number of hydrogen-bond acceptors (Lipinski definition) is 7. The number of rotatable bonds is 7. The lowest BCUT2D eigenvalue weighted by atomic mass is 10.1. The van der Waals surface area contributed by atoms with Crippen LogP contribution in [-0.2, 0) is 15.6 Å². The summed E-state index contributed by atoms with van der Waals surface area (Å²) in [4.78, 5) is 0. The number of phenolic OH excluding ortho intramolecular Hbond substituents is 1. The summed E-state index contributed by atoms with van der Waals surface area (Å²) in [5.41, 5.74) is 7.13. The van der Waals surface area contributed by atoms with Crippen LogP contribution in [0.15, 0.2) is 35.7 Å². The first-order valence-electron chi connectivity index (χ1n) is 7.58. The smallest absolute Gasteiger partial charge is 0.175 e. The molecule has 0 aliphatic carbocycles. The maximum atomic E-state index is 12.4. The molecule has 0 spiro atoms. The molecule has 2 rings (SSSR count). The summed E-state index contributed by atoms with van der Waals surface area (Å²) < 4.78 is 40.2. The van der Waals surface area contributed by atoms with E-state index in [0.717, 1.165) is 5.41 Å². The number of ether oxygens (including phenoxy) is 3. The van der Waals surface area contributed by atoms with Gasteiger partial charge in [0.25, 0.3) is 0 Å². The molecule has 0 saturated heterocycles. The van der Waals surface area contributed by atoms with Gasteiger partial charge < -0.3 is 25.1 Å². The van der Waals surface area contributed by atoms with Gasteiger partial charge in [0.1, 0.15) is 23.0 Å². The molecule has 0 amide bonds. The highest BCUT2D eigenvalue weighted by molar-refractivity contribution is 7.93. The van der Waals surface area contributed by atoms with Crippen LogP contribution in [0.1, 0.15) is 11.1 Å². The number of phenols is 1. The molecule has 0 aromatic heterocycles. The second-order valence-electron chi connectivity index (χ2n) is 5.45. The predicted octanol–water partition coefficient (Wildman–Crippen LogP) is 2.59. The van der Waals surface area contributed by atoms with E-state index < -0.39 is 9.84 Å². The van der Waals surface area contributed by atoms with Crippen LogP contribution < -0.4 is 19.9 Å². The minimum atomic E-state index is -3.58. The van der Waals surface area contributed by atoms with Crippen molar-refractivity contribution in [1.82, 2.24) is 0 Å². The van der Waals surface area contributed by atoms with Gasteiger partial charge in [0.2, 0.25) is 0 Å². The fourth-order valence-corrected chi connectivity index (χ4v) is 3.50. The molecule has 2 aromatic carbocycles. The molecule has 0 aliphatic rings. The lowest BCUT2D eigenvalue weighted by Gasteiger charge is -2.11. The van der Waals surface area contributed by atoms with Gasteiger partial charge in [-0.25, -0.2) is 8.42 Å². The van der Waals surface area contributed by atoms with Gasteiger partial charge in [0.15, 0.2) is 9.84 Å². The Kier molecular flexibility index (Phi) is 5.99. The van der Waals surface area contributed by atoms with Gasteiger partial charge in [0, 0.05) is 17.5 Å². The number of nitrogens with two attached hydrogens (primary N) is 1. The fourth-order valence-electron chi connectivity index (χ4n) is 2.41. The molecule has 26 heavy (non-hydrogen) atoms. The van der Waals surface area contributed by atoms with Crippen molar-refractivity contribution in [3.8, 4) is 23.0 Å². The second kappa shape index (κ2) is 8.01. The van der Waals surface area contributed by atoms with Crippen LogP contribution >= 0.6 is 0 Å². The molecule has 2 aromatic rings. The molecule has 0 atom stereocenters. The molecule has 0 aliphatic heterocycles. The van der Waals surface area contributed by atoms with Crippen molar-refractivity contribution in [2.45, 2.75) is 5.75 Å². The third-order valence-corrected chi connectivity index (χ3v) is 4.92. The van der Waals surface area contributed by atoms with Crippen molar-refractivity contribution in [2.75, 3.05) is 27.1 Å². The van der Waals surface area contributed by atoms with Gasteiger partial charge in [-0.1, -0.05) is 6.07 Å². The summed E-state index contributed by atoms with van der Waals surface area (Å²) in [6.07, 6.45) is 1.37. The number of benzene rings is 2. The molecule has 0 fully saturated rings. The zero-order valence-corrected chi connectivity index (χ0v) is 15.5. The highest BCUT2D eigenvalue weighted by atomic mass is 32.2. The molecule has 3 N–H and O–H groups in total. The van der Waals surface area contributed by atoms with E-state index in [2.05, 4.69) is 0 Å². The van der Waals surface area contributed by atoms with E-state index in [9.17, 15) is 13.5 Å². The number of anilines is 1. The summed E-state index contributed by atoms with van der Waals surface area (Å²) in [6, 6.07) is 7.57. The number of methoxy groups -OCH3 is 3. The van der Waals surface area contributed by atoms with Crippen molar-refractivity contribution in [2.24, 2.45) is 0 Å². The zero-order chi connectivity index (χ0) is 19.3. The highest BCUT2D eigenvalue weighted by Gasteiger charge is 2.13. The van der Waals surface area contributed by atoms with E-state index in [4.69, 9.17) is 19.9 Å². The first-order chi connectivity index (χ1) is 12.3. The summed E-state index contributed by atoms with van der Waals surface area (Å²) in [5.74, 6) is 0.803. The van der Waals surface area contributed by atoms with Crippen molar-refractivity contribution >= 4 is 21.6 Å². The Balaban J connectivity index is 2.31. The highest BCUT2D eigenvalue weighted by Crippen LogP contribution is 2.34. The summed E-state index contributed by atoms with van der Waals surface area (Å²) >= 11 is 0. The van der Waals surface area contributed by atoms with Gasteiger partial charge in [-0.2, -0.15) is 0 Å². The summed E-state index contributed by atoms with van der Waals surface area (Å²) in [7, 11) is 0.743. The molecule has 0 saturated carbocycles. The third-order valence-electron chi connectivity index (χ3n) is 3.63. The average Bonchev–Trinajstić information content (AvgIpc) is 2.59. The predicted molar refractivity (Wildman–Crippen MR) is 100 cm³/mol. The van der Waals surface area contributed by atoms with Crippen LogP contribution in [0.5, 0.6) is 23.0 Å². The fraction of sp³-hybridized carbons (Fsp3) is 0.222. The van der Waals surface area contributed by atoms with E-state index in [1.807, 2.05) is 0 Å². The molecule has 0 heterocycles. The van der Waals surface area contributed by atoms with Crippen LogP contribution in [0.4, 0.5) is 5.69 Å². The summed E-state index contributed by atoms with van der Waals surface area (Å²) in [6.45, 7) is 0. The average molecular weight is 379 g/mol. The Morgan fingerprint density at radius 2 is 1.58 bits per heavy atom. The monoisotopic (exact) mass is 379 g/mol.